The predicted molar refractivity (Wildman–Crippen MR) is 72.5 cm³/mol. The van der Waals surface area contributed by atoms with Gasteiger partial charge in [0.05, 0.1) is 5.92 Å². The average molecular weight is 282 g/mol. The molecule has 0 radical (unpaired) electrons. The molecule has 0 aromatic carbocycles. The first kappa shape index (κ1) is 14.4. The molecule has 0 saturated heterocycles. The normalized spacial score (nSPS) is 18.7. The van der Waals surface area contributed by atoms with Gasteiger partial charge in [0.25, 0.3) is 0 Å². The van der Waals surface area contributed by atoms with Crippen LogP contribution in [0.2, 0.25) is 0 Å². The van der Waals surface area contributed by atoms with Crippen molar-refractivity contribution in [3.05, 3.63) is 21.9 Å². The van der Waals surface area contributed by atoms with Gasteiger partial charge < -0.3 is 9.47 Å². The lowest BCUT2D eigenvalue weighted by molar-refractivity contribution is -0.170. The van der Waals surface area contributed by atoms with E-state index in [0.29, 0.717) is 25.2 Å². The number of Topliss-reactive ketones (excluding diaryl/α,β-unsaturated/α-hetero) is 2. The highest BCUT2D eigenvalue weighted by atomic mass is 32.1. The Bertz CT molecular complexity index is 460. The summed E-state index contributed by atoms with van der Waals surface area (Å²) in [5.74, 6) is -0.951. The third-order valence-electron chi connectivity index (χ3n) is 3.20. The molecule has 0 fully saturated rings. The van der Waals surface area contributed by atoms with E-state index in [4.69, 9.17) is 9.47 Å². The third-order valence-corrected chi connectivity index (χ3v) is 4.18. The fourth-order valence-corrected chi connectivity index (χ4v) is 3.20. The van der Waals surface area contributed by atoms with Gasteiger partial charge in [-0.1, -0.05) is 0 Å². The van der Waals surface area contributed by atoms with Crippen LogP contribution in [0.3, 0.4) is 0 Å². The second-order valence-electron chi connectivity index (χ2n) is 4.36. The van der Waals surface area contributed by atoms with Crippen LogP contribution in [0, 0.1) is 5.92 Å². The van der Waals surface area contributed by atoms with Gasteiger partial charge >= 0.3 is 0 Å². The molecule has 1 aliphatic rings. The molecule has 0 aliphatic heterocycles. The molecule has 2 rings (SSSR count). The minimum atomic E-state index is -0.913. The Hall–Kier alpha value is -1.04. The molecular weight excluding hydrogens is 264 g/mol. The van der Waals surface area contributed by atoms with Crippen LogP contribution in [0.4, 0.5) is 0 Å². The van der Waals surface area contributed by atoms with Gasteiger partial charge in [0.15, 0.2) is 11.6 Å². The maximum Gasteiger partial charge on any atom is 0.218 e. The van der Waals surface area contributed by atoms with E-state index in [0.717, 1.165) is 11.3 Å². The second-order valence-corrected chi connectivity index (χ2v) is 5.36. The highest BCUT2D eigenvalue weighted by Gasteiger charge is 2.37. The SMILES string of the molecule is CCOC(OCC)C(=O)C1CCc2sccc2C1=O. The summed E-state index contributed by atoms with van der Waals surface area (Å²) in [5.41, 5.74) is 0.696. The van der Waals surface area contributed by atoms with Crippen LogP contribution in [0.5, 0.6) is 0 Å². The monoisotopic (exact) mass is 282 g/mol. The van der Waals surface area contributed by atoms with Crippen molar-refractivity contribution < 1.29 is 19.1 Å². The lowest BCUT2D eigenvalue weighted by Gasteiger charge is -2.24. The summed E-state index contributed by atoms with van der Waals surface area (Å²) in [5, 5.41) is 1.90. The number of hydrogen-bond acceptors (Lipinski definition) is 5. The van der Waals surface area contributed by atoms with E-state index >= 15 is 0 Å². The fraction of sp³-hybridized carbons (Fsp3) is 0.571. The first-order valence-electron chi connectivity index (χ1n) is 6.56. The Morgan fingerprint density at radius 2 is 2.11 bits per heavy atom. The van der Waals surface area contributed by atoms with E-state index in [1.54, 1.807) is 31.3 Å². The molecule has 1 aliphatic carbocycles. The maximum absolute atomic E-state index is 12.4. The van der Waals surface area contributed by atoms with E-state index in [-0.39, 0.29) is 11.6 Å². The summed E-state index contributed by atoms with van der Waals surface area (Å²) in [6, 6.07) is 1.80. The van der Waals surface area contributed by atoms with Gasteiger partial charge in [-0.05, 0) is 38.1 Å². The summed E-state index contributed by atoms with van der Waals surface area (Å²) in [7, 11) is 0. The molecule has 1 aromatic rings. The Labute approximate surface area is 116 Å². The van der Waals surface area contributed by atoms with Crippen molar-refractivity contribution in [1.82, 2.24) is 0 Å². The number of carbonyl (C=O) groups is 2. The zero-order valence-electron chi connectivity index (χ0n) is 11.2. The van der Waals surface area contributed by atoms with Gasteiger partial charge in [0, 0.05) is 23.7 Å². The molecular formula is C14H18O4S. The fourth-order valence-electron chi connectivity index (χ4n) is 2.30. The Morgan fingerprint density at radius 1 is 1.42 bits per heavy atom. The molecule has 1 unspecified atom stereocenters. The molecule has 0 saturated carbocycles. The highest BCUT2D eigenvalue weighted by Crippen LogP contribution is 2.30. The first-order valence-corrected chi connectivity index (χ1v) is 7.44. The smallest absolute Gasteiger partial charge is 0.218 e. The van der Waals surface area contributed by atoms with Gasteiger partial charge in [-0.25, -0.2) is 0 Å². The Balaban J connectivity index is 2.13. The summed E-state index contributed by atoms with van der Waals surface area (Å²) < 4.78 is 10.6. The van der Waals surface area contributed by atoms with Gasteiger partial charge in [-0.2, -0.15) is 0 Å². The zero-order chi connectivity index (χ0) is 13.8. The molecule has 104 valence electrons. The van der Waals surface area contributed by atoms with Crippen molar-refractivity contribution >= 4 is 22.9 Å². The lowest BCUT2D eigenvalue weighted by atomic mass is 9.84. The number of carbonyl (C=O) groups excluding carboxylic acids is 2. The summed E-state index contributed by atoms with van der Waals surface area (Å²) >= 11 is 1.58. The largest absolute Gasteiger partial charge is 0.346 e. The van der Waals surface area contributed by atoms with Gasteiger partial charge in [-0.15, -0.1) is 11.3 Å². The maximum atomic E-state index is 12.4. The molecule has 0 bridgehead atoms. The minimum absolute atomic E-state index is 0.0862. The third kappa shape index (κ3) is 2.94. The lowest BCUT2D eigenvalue weighted by Crippen LogP contribution is -2.38. The van der Waals surface area contributed by atoms with Gasteiger partial charge in [0.2, 0.25) is 6.29 Å². The van der Waals surface area contributed by atoms with Crippen LogP contribution < -0.4 is 0 Å². The molecule has 19 heavy (non-hydrogen) atoms. The van der Waals surface area contributed by atoms with Gasteiger partial charge in [0.1, 0.15) is 0 Å². The van der Waals surface area contributed by atoms with Crippen molar-refractivity contribution in [2.75, 3.05) is 13.2 Å². The molecule has 1 aromatic heterocycles. The first-order chi connectivity index (χ1) is 9.19. The van der Waals surface area contributed by atoms with Crippen LogP contribution >= 0.6 is 11.3 Å². The Morgan fingerprint density at radius 3 is 2.74 bits per heavy atom. The summed E-state index contributed by atoms with van der Waals surface area (Å²) in [6.07, 6.45) is 0.422. The van der Waals surface area contributed by atoms with Crippen LogP contribution in [0.25, 0.3) is 0 Å². The van der Waals surface area contributed by atoms with Crippen LogP contribution in [0.1, 0.15) is 35.5 Å². The number of fused-ring (bicyclic) bond motifs is 1. The zero-order valence-corrected chi connectivity index (χ0v) is 12.0. The number of hydrogen-bond donors (Lipinski definition) is 0. The van der Waals surface area contributed by atoms with E-state index < -0.39 is 12.2 Å². The van der Waals surface area contributed by atoms with Crippen LogP contribution in [-0.4, -0.2) is 31.1 Å². The molecule has 0 amide bonds. The topological polar surface area (TPSA) is 52.6 Å². The van der Waals surface area contributed by atoms with E-state index in [1.165, 1.54) is 0 Å². The van der Waals surface area contributed by atoms with Crippen LogP contribution in [-0.2, 0) is 20.7 Å². The summed E-state index contributed by atoms with van der Waals surface area (Å²) in [6.45, 7) is 4.39. The molecule has 1 heterocycles. The predicted octanol–water partition coefficient (Wildman–Crippen LogP) is 2.46. The average Bonchev–Trinajstić information content (AvgIpc) is 2.87. The van der Waals surface area contributed by atoms with E-state index in [9.17, 15) is 9.59 Å². The number of thiophene rings is 1. The summed E-state index contributed by atoms with van der Waals surface area (Å²) in [4.78, 5) is 25.7. The van der Waals surface area contributed by atoms with Crippen molar-refractivity contribution in [2.24, 2.45) is 5.92 Å². The highest BCUT2D eigenvalue weighted by molar-refractivity contribution is 7.10. The number of ketones is 2. The molecule has 1 atom stereocenters. The van der Waals surface area contributed by atoms with Gasteiger partial charge in [-0.3, -0.25) is 9.59 Å². The molecule has 4 nitrogen and oxygen atoms in total. The molecule has 5 heteroatoms. The Kier molecular flexibility index (Phi) is 4.85. The number of rotatable bonds is 6. The van der Waals surface area contributed by atoms with E-state index in [2.05, 4.69) is 0 Å². The number of aryl methyl sites for hydroxylation is 1. The van der Waals surface area contributed by atoms with Crippen molar-refractivity contribution in [2.45, 2.75) is 33.0 Å². The molecule has 0 N–H and O–H groups in total. The standard InChI is InChI=1S/C14H18O4S/c1-3-17-14(18-4-2)13(16)10-5-6-11-9(12(10)15)7-8-19-11/h7-8,10,14H,3-6H2,1-2H3. The van der Waals surface area contributed by atoms with Crippen molar-refractivity contribution in [1.29, 1.82) is 0 Å². The number of ether oxygens (including phenoxy) is 2. The quantitative estimate of drug-likeness (QED) is 0.594. The van der Waals surface area contributed by atoms with E-state index in [1.807, 2.05) is 5.38 Å². The minimum Gasteiger partial charge on any atom is -0.346 e. The molecule has 0 spiro atoms. The van der Waals surface area contributed by atoms with Crippen LogP contribution in [0.15, 0.2) is 11.4 Å². The second kappa shape index (κ2) is 6.41. The van der Waals surface area contributed by atoms with Crippen molar-refractivity contribution in [3.8, 4) is 0 Å². The van der Waals surface area contributed by atoms with Crippen molar-refractivity contribution in [3.63, 3.8) is 0 Å².